The van der Waals surface area contributed by atoms with Gasteiger partial charge >= 0.3 is 5.69 Å². The van der Waals surface area contributed by atoms with E-state index in [2.05, 4.69) is 15.3 Å². The number of aromatic nitrogens is 3. The second-order valence-corrected chi connectivity index (χ2v) is 8.19. The molecule has 4 aromatic rings. The number of pyridine rings is 1. The van der Waals surface area contributed by atoms with Gasteiger partial charge in [-0.05, 0) is 36.6 Å². The molecule has 0 fully saturated rings. The Morgan fingerprint density at radius 2 is 1.94 bits per heavy atom. The number of alkyl halides is 1. The first-order valence-electron chi connectivity index (χ1n) is 9.62. The fraction of sp³-hybridized carbons (Fsp3) is 0.136. The minimum atomic E-state index is -0.498. The Morgan fingerprint density at radius 1 is 1.19 bits per heavy atom. The van der Waals surface area contributed by atoms with Crippen LogP contribution in [-0.4, -0.2) is 19.5 Å². The van der Waals surface area contributed by atoms with Crippen molar-refractivity contribution < 1.29 is 4.92 Å². The summed E-state index contributed by atoms with van der Waals surface area (Å²) in [5, 5.41) is 16.3. The topological polar surface area (TPSA) is 103 Å². The maximum absolute atomic E-state index is 13.5. The Hall–Kier alpha value is -3.05. The lowest BCUT2D eigenvalue weighted by atomic mass is 10.1. The number of para-hydroxylation sites is 1. The summed E-state index contributed by atoms with van der Waals surface area (Å²) in [6, 6.07) is 15.8. The molecule has 0 aliphatic rings. The van der Waals surface area contributed by atoms with Crippen molar-refractivity contribution in [2.24, 2.45) is 0 Å². The maximum Gasteiger partial charge on any atom is 0.333 e. The Kier molecular flexibility index (Phi) is 6.38. The number of hydrogen-bond donors (Lipinski definition) is 1. The van der Waals surface area contributed by atoms with Crippen molar-refractivity contribution in [3.8, 4) is 5.69 Å². The Morgan fingerprint density at radius 3 is 2.62 bits per heavy atom. The number of nitro groups is 1. The van der Waals surface area contributed by atoms with E-state index < -0.39 is 11.0 Å². The molecule has 0 bridgehead atoms. The fourth-order valence-electron chi connectivity index (χ4n) is 3.59. The SMILES string of the molecule is C[C@H](Nc1ncnc(CI)c1[N+](=O)[O-])c1cc2cccc(Cl)c2c(=O)n1-c1ccccc1. The first-order valence-corrected chi connectivity index (χ1v) is 11.5. The van der Waals surface area contributed by atoms with E-state index in [1.165, 1.54) is 6.33 Å². The monoisotopic (exact) mass is 561 g/mol. The molecular weight excluding hydrogens is 545 g/mol. The van der Waals surface area contributed by atoms with E-state index in [0.717, 1.165) is 0 Å². The zero-order valence-electron chi connectivity index (χ0n) is 16.8. The predicted molar refractivity (Wildman–Crippen MR) is 133 cm³/mol. The molecule has 0 saturated heterocycles. The Bertz CT molecular complexity index is 1380. The molecule has 0 saturated carbocycles. The van der Waals surface area contributed by atoms with Gasteiger partial charge in [-0.1, -0.05) is 64.5 Å². The number of rotatable bonds is 6. The molecule has 2 aromatic carbocycles. The third-order valence-corrected chi connectivity index (χ3v) is 6.08. The summed E-state index contributed by atoms with van der Waals surface area (Å²) in [5.41, 5.74) is 1.15. The second-order valence-electron chi connectivity index (χ2n) is 7.02. The van der Waals surface area contributed by atoms with Crippen molar-refractivity contribution in [3.05, 3.63) is 97.8 Å². The molecule has 2 heterocycles. The molecule has 0 spiro atoms. The molecule has 32 heavy (non-hydrogen) atoms. The zero-order chi connectivity index (χ0) is 22.8. The molecule has 0 aliphatic heterocycles. The van der Waals surface area contributed by atoms with Crippen molar-refractivity contribution in [3.63, 3.8) is 0 Å². The zero-order valence-corrected chi connectivity index (χ0v) is 19.7. The van der Waals surface area contributed by atoms with Gasteiger partial charge in [0, 0.05) is 15.8 Å². The molecule has 0 radical (unpaired) electrons. The van der Waals surface area contributed by atoms with Gasteiger partial charge in [-0.15, -0.1) is 0 Å². The van der Waals surface area contributed by atoms with Gasteiger partial charge in [0.1, 0.15) is 12.0 Å². The number of fused-ring (bicyclic) bond motifs is 1. The first kappa shape index (κ1) is 22.2. The average molecular weight is 562 g/mol. The van der Waals surface area contributed by atoms with E-state index in [0.29, 0.717) is 37.3 Å². The van der Waals surface area contributed by atoms with Crippen molar-refractivity contribution >= 4 is 56.5 Å². The van der Waals surface area contributed by atoms with Crippen molar-refractivity contribution in [1.82, 2.24) is 14.5 Å². The molecule has 4 rings (SSSR count). The largest absolute Gasteiger partial charge is 0.356 e. The number of nitrogens with one attached hydrogen (secondary N) is 1. The van der Waals surface area contributed by atoms with Crippen molar-refractivity contribution in [2.45, 2.75) is 17.4 Å². The molecular formula is C22H17ClIN5O3. The van der Waals surface area contributed by atoms with E-state index in [1.54, 1.807) is 16.7 Å². The van der Waals surface area contributed by atoms with Crippen LogP contribution in [0.1, 0.15) is 24.4 Å². The van der Waals surface area contributed by atoms with Gasteiger partial charge < -0.3 is 5.32 Å². The third kappa shape index (κ3) is 4.05. The highest BCUT2D eigenvalue weighted by Gasteiger charge is 2.25. The highest BCUT2D eigenvalue weighted by Crippen LogP contribution is 2.31. The summed E-state index contributed by atoms with van der Waals surface area (Å²) in [5.74, 6) is 0.0995. The summed E-state index contributed by atoms with van der Waals surface area (Å²) >= 11 is 8.37. The highest BCUT2D eigenvalue weighted by atomic mass is 127. The summed E-state index contributed by atoms with van der Waals surface area (Å²) in [6.45, 7) is 1.82. The molecule has 2 aromatic heterocycles. The summed E-state index contributed by atoms with van der Waals surface area (Å²) in [6.07, 6.45) is 1.29. The lowest BCUT2D eigenvalue weighted by Crippen LogP contribution is -2.26. The van der Waals surface area contributed by atoms with Gasteiger partial charge in [-0.2, -0.15) is 0 Å². The summed E-state index contributed by atoms with van der Waals surface area (Å²) in [4.78, 5) is 32.8. The van der Waals surface area contributed by atoms with Gasteiger partial charge in [0.25, 0.3) is 5.56 Å². The Labute approximate surface area is 201 Å². The minimum Gasteiger partial charge on any atom is -0.356 e. The van der Waals surface area contributed by atoms with E-state index in [9.17, 15) is 14.9 Å². The summed E-state index contributed by atoms with van der Waals surface area (Å²) < 4.78 is 1.93. The van der Waals surface area contributed by atoms with Gasteiger partial charge in [-0.25, -0.2) is 9.97 Å². The van der Waals surface area contributed by atoms with E-state index in [-0.39, 0.29) is 17.1 Å². The first-order chi connectivity index (χ1) is 15.4. The van der Waals surface area contributed by atoms with E-state index in [1.807, 2.05) is 72.0 Å². The van der Waals surface area contributed by atoms with Crippen LogP contribution in [0.4, 0.5) is 11.5 Å². The van der Waals surface area contributed by atoms with Crippen molar-refractivity contribution in [2.75, 3.05) is 5.32 Å². The van der Waals surface area contributed by atoms with Crippen LogP contribution in [0.15, 0.2) is 65.7 Å². The van der Waals surface area contributed by atoms with Gasteiger partial charge in [-0.3, -0.25) is 19.5 Å². The molecule has 1 atom stereocenters. The van der Waals surface area contributed by atoms with Crippen LogP contribution in [-0.2, 0) is 4.43 Å². The quantitative estimate of drug-likeness (QED) is 0.145. The van der Waals surface area contributed by atoms with Gasteiger partial charge in [0.05, 0.1) is 21.4 Å². The standard InChI is InChI=1S/C22H17ClIN5O3/c1-13(27-21-20(29(31)32)17(11-24)25-12-26-21)18-10-14-6-5-9-16(23)19(14)22(30)28(18)15-7-3-2-4-8-15/h2-10,12-13H,11H2,1H3,(H,25,26,27)/t13-/m0/s1. The molecule has 0 unspecified atom stereocenters. The van der Waals surface area contributed by atoms with Crippen LogP contribution in [0.25, 0.3) is 16.5 Å². The fourth-order valence-corrected chi connectivity index (χ4v) is 4.41. The number of anilines is 1. The van der Waals surface area contributed by atoms with Crippen molar-refractivity contribution in [1.29, 1.82) is 0 Å². The lowest BCUT2D eigenvalue weighted by molar-refractivity contribution is -0.385. The van der Waals surface area contributed by atoms with Crippen LogP contribution < -0.4 is 10.9 Å². The normalized spacial score (nSPS) is 12.0. The van der Waals surface area contributed by atoms with Crippen LogP contribution in [0.2, 0.25) is 5.02 Å². The van der Waals surface area contributed by atoms with Crippen LogP contribution in [0, 0.1) is 10.1 Å². The van der Waals surface area contributed by atoms with Crippen LogP contribution in [0.3, 0.4) is 0 Å². The molecule has 0 amide bonds. The highest BCUT2D eigenvalue weighted by molar-refractivity contribution is 14.1. The van der Waals surface area contributed by atoms with E-state index in [4.69, 9.17) is 11.6 Å². The smallest absolute Gasteiger partial charge is 0.333 e. The molecule has 10 heteroatoms. The van der Waals surface area contributed by atoms with E-state index >= 15 is 0 Å². The minimum absolute atomic E-state index is 0.0995. The second kappa shape index (κ2) is 9.21. The van der Waals surface area contributed by atoms with Crippen LogP contribution >= 0.6 is 34.2 Å². The van der Waals surface area contributed by atoms with Gasteiger partial charge in [0.2, 0.25) is 5.82 Å². The molecule has 8 nitrogen and oxygen atoms in total. The molecule has 1 N–H and O–H groups in total. The van der Waals surface area contributed by atoms with Gasteiger partial charge in [0.15, 0.2) is 0 Å². The molecule has 162 valence electrons. The lowest BCUT2D eigenvalue weighted by Gasteiger charge is -2.21. The number of benzene rings is 2. The molecule has 0 aliphatic carbocycles. The maximum atomic E-state index is 13.5. The average Bonchev–Trinajstić information content (AvgIpc) is 2.79. The number of nitrogens with zero attached hydrogens (tertiary/aromatic N) is 4. The number of halogens is 2. The summed E-state index contributed by atoms with van der Waals surface area (Å²) in [7, 11) is 0. The Balaban J connectivity index is 1.92. The number of hydrogen-bond acceptors (Lipinski definition) is 6. The third-order valence-electron chi connectivity index (χ3n) is 5.04. The predicted octanol–water partition coefficient (Wildman–Crippen LogP) is 5.45. The van der Waals surface area contributed by atoms with Crippen LogP contribution in [0.5, 0.6) is 0 Å².